The molecule has 2 heteroatoms. The Kier molecular flexibility index (Phi) is 4.39. The van der Waals surface area contributed by atoms with Gasteiger partial charge in [-0.25, -0.2) is 0 Å². The number of rotatable bonds is 6. The summed E-state index contributed by atoms with van der Waals surface area (Å²) >= 11 is 0. The smallest absolute Gasteiger partial charge is 0.0678 e. The Morgan fingerprint density at radius 1 is 1.36 bits per heavy atom. The molecule has 2 nitrogen and oxygen atoms in total. The molecule has 3 atom stereocenters. The van der Waals surface area contributed by atoms with E-state index in [9.17, 15) is 5.11 Å². The minimum Gasteiger partial charge on any atom is -0.392 e. The summed E-state index contributed by atoms with van der Waals surface area (Å²) in [5.41, 5.74) is 0.0201. The first kappa shape index (κ1) is 12.0. The Morgan fingerprint density at radius 3 is 2.57 bits per heavy atom. The molecular formula is C12H24O2. The van der Waals surface area contributed by atoms with Gasteiger partial charge in [0.25, 0.3) is 0 Å². The minimum atomic E-state index is -0.149. The van der Waals surface area contributed by atoms with Crippen molar-refractivity contribution in [1.82, 2.24) is 0 Å². The van der Waals surface area contributed by atoms with Crippen LogP contribution in [0.5, 0.6) is 0 Å². The van der Waals surface area contributed by atoms with Crippen LogP contribution < -0.4 is 0 Å². The fourth-order valence-electron chi connectivity index (χ4n) is 2.09. The summed E-state index contributed by atoms with van der Waals surface area (Å²) in [6.45, 7) is 7.32. The van der Waals surface area contributed by atoms with Crippen molar-refractivity contribution < 1.29 is 9.84 Å². The number of aliphatic hydroxyl groups excluding tert-OH is 1. The Hall–Kier alpha value is -0.0800. The normalized spacial score (nSPS) is 36.9. The highest BCUT2D eigenvalue weighted by atomic mass is 16.5. The van der Waals surface area contributed by atoms with E-state index in [0.29, 0.717) is 6.10 Å². The van der Waals surface area contributed by atoms with Crippen LogP contribution in [-0.4, -0.2) is 23.9 Å². The summed E-state index contributed by atoms with van der Waals surface area (Å²) in [5.74, 6) is 0. The lowest BCUT2D eigenvalue weighted by Crippen LogP contribution is -2.56. The number of aliphatic hydroxyl groups is 1. The fourth-order valence-corrected chi connectivity index (χ4v) is 2.09. The maximum Gasteiger partial charge on any atom is 0.0678 e. The van der Waals surface area contributed by atoms with Crippen LogP contribution in [0.4, 0.5) is 0 Å². The molecule has 0 aromatic heterocycles. The minimum absolute atomic E-state index is 0.0201. The van der Waals surface area contributed by atoms with Gasteiger partial charge in [0.1, 0.15) is 0 Å². The third kappa shape index (κ3) is 2.29. The summed E-state index contributed by atoms with van der Waals surface area (Å²) < 4.78 is 5.80. The number of hydrogen-bond acceptors (Lipinski definition) is 2. The van der Waals surface area contributed by atoms with Gasteiger partial charge in [0.2, 0.25) is 0 Å². The van der Waals surface area contributed by atoms with Crippen molar-refractivity contribution in [2.75, 3.05) is 6.61 Å². The number of ether oxygens (including phenoxy) is 1. The van der Waals surface area contributed by atoms with E-state index < -0.39 is 0 Å². The molecule has 0 saturated heterocycles. The first-order chi connectivity index (χ1) is 6.65. The molecule has 84 valence electrons. The molecule has 1 N–H and O–H groups in total. The molecule has 1 aliphatic carbocycles. The monoisotopic (exact) mass is 200 g/mol. The lowest BCUT2D eigenvalue weighted by molar-refractivity contribution is -0.185. The molecule has 1 saturated carbocycles. The van der Waals surface area contributed by atoms with Gasteiger partial charge < -0.3 is 9.84 Å². The standard InChI is InChI=1S/C12H24O2/c1-4-6-7-8-14-11-9-10(13)12(11,3)5-2/h10-11,13H,4-9H2,1-3H3. The molecule has 0 bridgehead atoms. The average molecular weight is 200 g/mol. The van der Waals surface area contributed by atoms with Gasteiger partial charge in [-0.2, -0.15) is 0 Å². The summed E-state index contributed by atoms with van der Waals surface area (Å²) in [7, 11) is 0. The van der Waals surface area contributed by atoms with Crippen molar-refractivity contribution in [3.05, 3.63) is 0 Å². The number of hydrogen-bond donors (Lipinski definition) is 1. The first-order valence-electron chi connectivity index (χ1n) is 5.94. The predicted octanol–water partition coefficient (Wildman–Crippen LogP) is 2.74. The van der Waals surface area contributed by atoms with Crippen molar-refractivity contribution >= 4 is 0 Å². The third-order valence-electron chi connectivity index (χ3n) is 3.76. The Labute approximate surface area is 87.7 Å². The van der Waals surface area contributed by atoms with Crippen LogP contribution >= 0.6 is 0 Å². The van der Waals surface area contributed by atoms with Crippen molar-refractivity contribution in [1.29, 1.82) is 0 Å². The van der Waals surface area contributed by atoms with E-state index in [2.05, 4.69) is 20.8 Å². The van der Waals surface area contributed by atoms with Crippen molar-refractivity contribution in [2.24, 2.45) is 5.41 Å². The van der Waals surface area contributed by atoms with Crippen molar-refractivity contribution in [3.63, 3.8) is 0 Å². The van der Waals surface area contributed by atoms with Gasteiger partial charge in [-0.3, -0.25) is 0 Å². The molecule has 0 amide bonds. The zero-order valence-corrected chi connectivity index (χ0v) is 9.75. The second-order valence-corrected chi connectivity index (χ2v) is 4.68. The molecule has 1 aliphatic rings. The van der Waals surface area contributed by atoms with Crippen LogP contribution in [0, 0.1) is 5.41 Å². The van der Waals surface area contributed by atoms with Gasteiger partial charge in [0, 0.05) is 18.4 Å². The van der Waals surface area contributed by atoms with Crippen LogP contribution in [-0.2, 0) is 4.74 Å². The first-order valence-corrected chi connectivity index (χ1v) is 5.94. The lowest BCUT2D eigenvalue weighted by Gasteiger charge is -2.50. The molecule has 0 radical (unpaired) electrons. The summed E-state index contributed by atoms with van der Waals surface area (Å²) in [4.78, 5) is 0. The van der Waals surface area contributed by atoms with E-state index in [1.807, 2.05) is 0 Å². The number of unbranched alkanes of at least 4 members (excludes halogenated alkanes) is 2. The van der Waals surface area contributed by atoms with Crippen LogP contribution in [0.2, 0.25) is 0 Å². The zero-order valence-electron chi connectivity index (χ0n) is 9.75. The van der Waals surface area contributed by atoms with E-state index in [-0.39, 0.29) is 11.5 Å². The largest absolute Gasteiger partial charge is 0.392 e. The van der Waals surface area contributed by atoms with Crippen LogP contribution in [0.1, 0.15) is 52.9 Å². The van der Waals surface area contributed by atoms with Gasteiger partial charge >= 0.3 is 0 Å². The van der Waals surface area contributed by atoms with Gasteiger partial charge in [-0.1, -0.05) is 33.6 Å². The quantitative estimate of drug-likeness (QED) is 0.668. The van der Waals surface area contributed by atoms with Crippen LogP contribution in [0.3, 0.4) is 0 Å². The van der Waals surface area contributed by atoms with E-state index in [1.54, 1.807) is 0 Å². The van der Waals surface area contributed by atoms with Crippen molar-refractivity contribution in [2.45, 2.75) is 65.1 Å². The van der Waals surface area contributed by atoms with Gasteiger partial charge in [-0.15, -0.1) is 0 Å². The molecule has 0 spiro atoms. The molecule has 14 heavy (non-hydrogen) atoms. The molecule has 0 aliphatic heterocycles. The highest BCUT2D eigenvalue weighted by Gasteiger charge is 2.50. The molecule has 1 fully saturated rings. The SMILES string of the molecule is CCCCCOC1CC(O)C1(C)CC. The maximum absolute atomic E-state index is 9.66. The van der Waals surface area contributed by atoms with E-state index in [0.717, 1.165) is 25.9 Å². The summed E-state index contributed by atoms with van der Waals surface area (Å²) in [6, 6.07) is 0. The second kappa shape index (κ2) is 5.13. The molecule has 3 unspecified atom stereocenters. The fraction of sp³-hybridized carbons (Fsp3) is 1.00. The van der Waals surface area contributed by atoms with E-state index in [4.69, 9.17) is 4.74 Å². The summed E-state index contributed by atoms with van der Waals surface area (Å²) in [6.07, 6.45) is 5.62. The molecule has 0 aromatic carbocycles. The lowest BCUT2D eigenvalue weighted by atomic mass is 9.63. The van der Waals surface area contributed by atoms with Crippen LogP contribution in [0.15, 0.2) is 0 Å². The zero-order chi connectivity index (χ0) is 10.6. The Morgan fingerprint density at radius 2 is 2.07 bits per heavy atom. The molecular weight excluding hydrogens is 176 g/mol. The van der Waals surface area contributed by atoms with Crippen LogP contribution in [0.25, 0.3) is 0 Å². The molecule has 1 rings (SSSR count). The highest BCUT2D eigenvalue weighted by molar-refractivity contribution is 5.00. The topological polar surface area (TPSA) is 29.5 Å². The molecule has 0 heterocycles. The average Bonchev–Trinajstić information content (AvgIpc) is 2.21. The van der Waals surface area contributed by atoms with Crippen molar-refractivity contribution in [3.8, 4) is 0 Å². The summed E-state index contributed by atoms with van der Waals surface area (Å²) in [5, 5.41) is 9.66. The van der Waals surface area contributed by atoms with E-state index >= 15 is 0 Å². The second-order valence-electron chi connectivity index (χ2n) is 4.68. The maximum atomic E-state index is 9.66. The van der Waals surface area contributed by atoms with Gasteiger partial charge in [-0.05, 0) is 12.8 Å². The third-order valence-corrected chi connectivity index (χ3v) is 3.76. The van der Waals surface area contributed by atoms with Gasteiger partial charge in [0.05, 0.1) is 12.2 Å². The Bertz CT molecular complexity index is 170. The van der Waals surface area contributed by atoms with E-state index in [1.165, 1.54) is 12.8 Å². The van der Waals surface area contributed by atoms with Gasteiger partial charge in [0.15, 0.2) is 0 Å². The highest BCUT2D eigenvalue weighted by Crippen LogP contribution is 2.45. The molecule has 0 aromatic rings. The Balaban J connectivity index is 2.20. The predicted molar refractivity (Wildman–Crippen MR) is 58.3 cm³/mol.